The number of nitrogens with zero attached hydrogens (tertiary/aromatic N) is 1. The van der Waals surface area contributed by atoms with Crippen molar-refractivity contribution in [1.82, 2.24) is 4.57 Å². The molecule has 0 bridgehead atoms. The van der Waals surface area contributed by atoms with Crippen molar-refractivity contribution in [2.45, 2.75) is 17.9 Å². The van der Waals surface area contributed by atoms with Crippen molar-refractivity contribution in [1.29, 1.82) is 0 Å². The molecule has 7 heteroatoms. The van der Waals surface area contributed by atoms with Gasteiger partial charge in [-0.3, -0.25) is 4.79 Å². The number of rotatable bonds is 4. The van der Waals surface area contributed by atoms with Crippen LogP contribution in [0.5, 0.6) is 0 Å². The fourth-order valence-corrected chi connectivity index (χ4v) is 2.23. The van der Waals surface area contributed by atoms with Crippen LogP contribution >= 0.6 is 0 Å². The topological polar surface area (TPSA) is 94.2 Å². The van der Waals surface area contributed by atoms with Gasteiger partial charge in [0.25, 0.3) is 0 Å². The Morgan fingerprint density at radius 1 is 1.20 bits per heavy atom. The molecule has 0 unspecified atom stereocenters. The Balaban J connectivity index is 2.09. The summed E-state index contributed by atoms with van der Waals surface area (Å²) >= 11 is 0. The van der Waals surface area contributed by atoms with Gasteiger partial charge in [-0.05, 0) is 43.3 Å². The molecule has 0 aliphatic heterocycles. The van der Waals surface area contributed by atoms with E-state index in [0.29, 0.717) is 5.69 Å². The monoisotopic (exact) mass is 293 g/mol. The molecule has 0 aliphatic carbocycles. The maximum Gasteiger partial charge on any atom is 0.247 e. The van der Waals surface area contributed by atoms with Gasteiger partial charge in [0.15, 0.2) is 0 Å². The van der Waals surface area contributed by atoms with Gasteiger partial charge in [0.2, 0.25) is 15.9 Å². The lowest BCUT2D eigenvalue weighted by atomic mass is 10.2. The quantitative estimate of drug-likeness (QED) is 0.890. The summed E-state index contributed by atoms with van der Waals surface area (Å²) in [7, 11) is -3.72. The Morgan fingerprint density at radius 2 is 1.75 bits per heavy atom. The third-order valence-electron chi connectivity index (χ3n) is 2.90. The molecule has 0 aliphatic rings. The Hall–Kier alpha value is -2.12. The van der Waals surface area contributed by atoms with Crippen LogP contribution in [-0.4, -0.2) is 18.9 Å². The molecular weight excluding hydrogens is 278 g/mol. The lowest BCUT2D eigenvalue weighted by Gasteiger charge is -2.14. The van der Waals surface area contributed by atoms with E-state index in [1.807, 2.05) is 12.1 Å². The number of nitrogens with one attached hydrogen (secondary N) is 1. The first-order valence-corrected chi connectivity index (χ1v) is 7.49. The van der Waals surface area contributed by atoms with Crippen LogP contribution in [0, 0.1) is 0 Å². The van der Waals surface area contributed by atoms with Crippen molar-refractivity contribution < 1.29 is 13.2 Å². The molecule has 6 nitrogen and oxygen atoms in total. The van der Waals surface area contributed by atoms with Gasteiger partial charge in [0.05, 0.1) is 4.90 Å². The summed E-state index contributed by atoms with van der Waals surface area (Å²) in [6, 6.07) is 9.02. The largest absolute Gasteiger partial charge is 0.342 e. The van der Waals surface area contributed by atoms with E-state index in [0.717, 1.165) is 0 Å². The molecule has 0 saturated heterocycles. The van der Waals surface area contributed by atoms with Crippen LogP contribution in [0.3, 0.4) is 0 Å². The number of anilines is 1. The molecule has 0 saturated carbocycles. The van der Waals surface area contributed by atoms with Gasteiger partial charge >= 0.3 is 0 Å². The van der Waals surface area contributed by atoms with Gasteiger partial charge in [-0.1, -0.05) is 0 Å². The van der Waals surface area contributed by atoms with E-state index >= 15 is 0 Å². The Kier molecular flexibility index (Phi) is 3.91. The second-order valence-corrected chi connectivity index (χ2v) is 5.93. The summed E-state index contributed by atoms with van der Waals surface area (Å²) in [5, 5.41) is 7.72. The van der Waals surface area contributed by atoms with Gasteiger partial charge in [-0.15, -0.1) is 0 Å². The average Bonchev–Trinajstić information content (AvgIpc) is 2.91. The fourth-order valence-electron chi connectivity index (χ4n) is 1.72. The third kappa shape index (κ3) is 3.25. The first-order valence-electron chi connectivity index (χ1n) is 5.94. The van der Waals surface area contributed by atoms with Crippen LogP contribution in [0.1, 0.15) is 13.0 Å². The molecule has 1 heterocycles. The number of aromatic nitrogens is 1. The van der Waals surface area contributed by atoms with Crippen LogP contribution in [0.2, 0.25) is 0 Å². The van der Waals surface area contributed by atoms with Crippen molar-refractivity contribution in [3.63, 3.8) is 0 Å². The second kappa shape index (κ2) is 5.48. The minimum Gasteiger partial charge on any atom is -0.342 e. The Labute approximate surface area is 117 Å². The minimum atomic E-state index is -3.72. The summed E-state index contributed by atoms with van der Waals surface area (Å²) in [6.07, 6.45) is 3.60. The van der Waals surface area contributed by atoms with Crippen LogP contribution < -0.4 is 10.5 Å². The van der Waals surface area contributed by atoms with E-state index in [4.69, 9.17) is 5.14 Å². The van der Waals surface area contributed by atoms with Gasteiger partial charge in [-0.2, -0.15) is 0 Å². The maximum absolute atomic E-state index is 12.0. The van der Waals surface area contributed by atoms with E-state index in [1.165, 1.54) is 24.3 Å². The highest BCUT2D eigenvalue weighted by Gasteiger charge is 2.14. The number of amides is 1. The number of primary sulfonamides is 1. The molecule has 0 radical (unpaired) electrons. The Bertz CT molecular complexity index is 691. The van der Waals surface area contributed by atoms with Gasteiger partial charge in [-0.25, -0.2) is 13.6 Å². The first kappa shape index (κ1) is 14.3. The number of hydrogen-bond acceptors (Lipinski definition) is 3. The molecule has 1 atom stereocenters. The zero-order valence-corrected chi connectivity index (χ0v) is 11.7. The summed E-state index contributed by atoms with van der Waals surface area (Å²) in [6.45, 7) is 1.77. The van der Waals surface area contributed by atoms with Gasteiger partial charge < -0.3 is 9.88 Å². The lowest BCUT2D eigenvalue weighted by Crippen LogP contribution is -2.22. The fraction of sp³-hybridized carbons (Fsp3) is 0.154. The molecule has 1 aromatic heterocycles. The molecule has 0 spiro atoms. The van der Waals surface area contributed by atoms with Crippen molar-refractivity contribution in [2.75, 3.05) is 5.32 Å². The van der Waals surface area contributed by atoms with Gasteiger partial charge in [0, 0.05) is 18.1 Å². The van der Waals surface area contributed by atoms with E-state index in [1.54, 1.807) is 23.9 Å². The molecule has 3 N–H and O–H groups in total. The smallest absolute Gasteiger partial charge is 0.247 e. The van der Waals surface area contributed by atoms with Crippen molar-refractivity contribution in [2.24, 2.45) is 5.14 Å². The Morgan fingerprint density at radius 3 is 2.25 bits per heavy atom. The maximum atomic E-state index is 12.0. The van der Waals surface area contributed by atoms with Crippen LogP contribution in [0.25, 0.3) is 0 Å². The number of benzene rings is 1. The van der Waals surface area contributed by atoms with Gasteiger partial charge in [0.1, 0.15) is 6.04 Å². The third-order valence-corrected chi connectivity index (χ3v) is 3.83. The van der Waals surface area contributed by atoms with E-state index in [2.05, 4.69) is 5.32 Å². The number of carbonyl (C=O) groups is 1. The van der Waals surface area contributed by atoms with E-state index in [-0.39, 0.29) is 16.8 Å². The predicted octanol–water partition coefficient (Wildman–Crippen LogP) is 1.34. The molecular formula is C13H15N3O3S. The number of nitrogens with two attached hydrogens (primary N) is 1. The second-order valence-electron chi connectivity index (χ2n) is 4.36. The predicted molar refractivity (Wildman–Crippen MR) is 75.6 cm³/mol. The van der Waals surface area contributed by atoms with Crippen molar-refractivity contribution >= 4 is 21.6 Å². The summed E-state index contributed by atoms with van der Waals surface area (Å²) in [5.74, 6) is -0.190. The highest BCUT2D eigenvalue weighted by molar-refractivity contribution is 7.89. The minimum absolute atomic E-state index is 0.00829. The van der Waals surface area contributed by atoms with E-state index in [9.17, 15) is 13.2 Å². The molecule has 1 aromatic carbocycles. The number of sulfonamides is 1. The zero-order chi connectivity index (χ0) is 14.8. The number of hydrogen-bond donors (Lipinski definition) is 2. The van der Waals surface area contributed by atoms with Crippen LogP contribution in [-0.2, 0) is 14.8 Å². The number of carbonyl (C=O) groups excluding carboxylic acids is 1. The molecule has 1 amide bonds. The standard InChI is InChI=1S/C13H15N3O3S/c1-10(16-8-2-3-9-16)13(17)15-11-4-6-12(7-5-11)20(14,18)19/h2-10H,1H3,(H,15,17)(H2,14,18,19)/t10-/m1/s1. The zero-order valence-electron chi connectivity index (χ0n) is 10.9. The van der Waals surface area contributed by atoms with Crippen molar-refractivity contribution in [3.8, 4) is 0 Å². The normalized spacial score (nSPS) is 12.9. The summed E-state index contributed by atoms with van der Waals surface area (Å²) in [5.41, 5.74) is 0.515. The average molecular weight is 293 g/mol. The SMILES string of the molecule is C[C@H](C(=O)Nc1ccc(S(N)(=O)=O)cc1)n1cccc1. The molecule has 2 rings (SSSR count). The van der Waals surface area contributed by atoms with Crippen molar-refractivity contribution in [3.05, 3.63) is 48.8 Å². The summed E-state index contributed by atoms with van der Waals surface area (Å²) < 4.78 is 24.0. The lowest BCUT2D eigenvalue weighted by molar-refractivity contribution is -0.118. The highest BCUT2D eigenvalue weighted by Crippen LogP contribution is 2.15. The van der Waals surface area contributed by atoms with E-state index < -0.39 is 10.0 Å². The van der Waals surface area contributed by atoms with Crippen LogP contribution in [0.4, 0.5) is 5.69 Å². The molecule has 106 valence electrons. The molecule has 2 aromatic rings. The highest BCUT2D eigenvalue weighted by atomic mass is 32.2. The summed E-state index contributed by atoms with van der Waals surface area (Å²) in [4.78, 5) is 12.0. The molecule has 0 fully saturated rings. The van der Waals surface area contributed by atoms with Crippen LogP contribution in [0.15, 0.2) is 53.7 Å². The first-order chi connectivity index (χ1) is 9.38. The molecule has 20 heavy (non-hydrogen) atoms.